The van der Waals surface area contributed by atoms with Crippen LogP contribution in [0.5, 0.6) is 5.75 Å². The van der Waals surface area contributed by atoms with Crippen LogP contribution in [0, 0.1) is 0 Å². The van der Waals surface area contributed by atoms with Crippen LogP contribution in [-0.2, 0) is 0 Å². The minimum Gasteiger partial charge on any atom is -0.435 e. The van der Waals surface area contributed by atoms with E-state index in [9.17, 15) is 18.4 Å². The van der Waals surface area contributed by atoms with Crippen molar-refractivity contribution in [2.45, 2.75) is 26.0 Å². The maximum absolute atomic E-state index is 12.8. The number of thiazole rings is 1. The minimum absolute atomic E-state index is 0.0214. The molecule has 0 unspecified atom stereocenters. The van der Waals surface area contributed by atoms with Gasteiger partial charge in [0, 0.05) is 23.5 Å². The van der Waals surface area contributed by atoms with Crippen LogP contribution in [0.2, 0.25) is 5.15 Å². The molecule has 3 rings (SSSR count). The fraction of sp³-hybridized carbons (Fsp3) is 0.200. The molecule has 3 aromatic rings. The zero-order chi connectivity index (χ0) is 21.9. The van der Waals surface area contributed by atoms with E-state index in [1.165, 1.54) is 38.1 Å². The summed E-state index contributed by atoms with van der Waals surface area (Å²) >= 11 is 7.21. The van der Waals surface area contributed by atoms with Gasteiger partial charge in [-0.3, -0.25) is 14.6 Å². The van der Waals surface area contributed by atoms with Crippen LogP contribution in [0.3, 0.4) is 0 Å². The van der Waals surface area contributed by atoms with E-state index in [1.807, 2.05) is 0 Å². The number of nitrogens with zero attached hydrogens (tertiary/aromatic N) is 2. The zero-order valence-electron chi connectivity index (χ0n) is 15.9. The van der Waals surface area contributed by atoms with Crippen molar-refractivity contribution in [2.75, 3.05) is 0 Å². The third-order valence-electron chi connectivity index (χ3n) is 4.04. The molecule has 30 heavy (non-hydrogen) atoms. The van der Waals surface area contributed by atoms with Gasteiger partial charge >= 0.3 is 6.61 Å². The predicted molar refractivity (Wildman–Crippen MR) is 109 cm³/mol. The summed E-state index contributed by atoms with van der Waals surface area (Å²) in [7, 11) is 0. The predicted octanol–water partition coefficient (Wildman–Crippen LogP) is 4.85. The van der Waals surface area contributed by atoms with Gasteiger partial charge in [-0.1, -0.05) is 11.6 Å². The van der Waals surface area contributed by atoms with Crippen molar-refractivity contribution in [3.05, 3.63) is 64.4 Å². The number of ether oxygens (including phenoxy) is 1. The van der Waals surface area contributed by atoms with Gasteiger partial charge in [0.15, 0.2) is 10.9 Å². The Morgan fingerprint density at radius 3 is 2.50 bits per heavy atom. The Balaban J connectivity index is 1.75. The molecule has 10 heteroatoms. The molecule has 0 fully saturated rings. The molecule has 0 saturated heterocycles. The number of halogens is 3. The third kappa shape index (κ3) is 4.98. The molecule has 0 spiro atoms. The topological polar surface area (TPSA) is 81.2 Å². The highest BCUT2D eigenvalue weighted by Crippen LogP contribution is 2.31. The van der Waals surface area contributed by atoms with Crippen LogP contribution in [0.4, 0.5) is 8.78 Å². The summed E-state index contributed by atoms with van der Waals surface area (Å²) in [6, 6.07) is 8.76. The lowest BCUT2D eigenvalue weighted by molar-refractivity contribution is -0.0498. The molecular formula is C20H16ClF2N3O3S. The van der Waals surface area contributed by atoms with Gasteiger partial charge in [-0.25, -0.2) is 4.98 Å². The number of nitrogens with one attached hydrogen (secondary N) is 1. The summed E-state index contributed by atoms with van der Waals surface area (Å²) in [4.78, 5) is 33.9. The summed E-state index contributed by atoms with van der Waals surface area (Å²) in [5.41, 5.74) is -0.345. The second kappa shape index (κ2) is 8.85. The standard InChI is InChI=1S/C20H16ClF2N3O3S/c1-20(2,15(27)11-5-7-13(8-6-11)29-19(22)23)26-17(28)14-16(21)25-18(30-14)12-4-3-9-24-10-12/h3-10,19H,1-2H3,(H,26,28). The summed E-state index contributed by atoms with van der Waals surface area (Å²) in [5, 5.41) is 3.20. The van der Waals surface area contributed by atoms with Gasteiger partial charge in [0.1, 0.15) is 15.6 Å². The first-order chi connectivity index (χ1) is 14.2. The largest absolute Gasteiger partial charge is 0.435 e. The number of carbonyl (C=O) groups is 2. The Morgan fingerprint density at radius 2 is 1.90 bits per heavy atom. The van der Waals surface area contributed by atoms with Gasteiger partial charge in [-0.15, -0.1) is 11.3 Å². The highest BCUT2D eigenvalue weighted by atomic mass is 35.5. The lowest BCUT2D eigenvalue weighted by Gasteiger charge is -2.24. The highest BCUT2D eigenvalue weighted by Gasteiger charge is 2.32. The monoisotopic (exact) mass is 451 g/mol. The number of ketones is 1. The summed E-state index contributed by atoms with van der Waals surface area (Å²) in [6.07, 6.45) is 3.22. The Hall–Kier alpha value is -2.91. The lowest BCUT2D eigenvalue weighted by Crippen LogP contribution is -2.49. The van der Waals surface area contributed by atoms with Gasteiger partial charge in [0.25, 0.3) is 5.91 Å². The smallest absolute Gasteiger partial charge is 0.387 e. The number of aromatic nitrogens is 2. The molecule has 0 atom stereocenters. The molecule has 1 N–H and O–H groups in total. The summed E-state index contributed by atoms with van der Waals surface area (Å²) in [5.74, 6) is -1.03. The molecule has 0 saturated carbocycles. The van der Waals surface area contributed by atoms with E-state index in [-0.39, 0.29) is 21.3 Å². The fourth-order valence-corrected chi connectivity index (χ4v) is 3.78. The van der Waals surface area contributed by atoms with E-state index in [0.29, 0.717) is 10.6 Å². The first-order valence-corrected chi connectivity index (χ1v) is 9.86. The van der Waals surface area contributed by atoms with E-state index < -0.39 is 23.8 Å². The molecule has 1 amide bonds. The second-order valence-electron chi connectivity index (χ2n) is 6.69. The molecule has 156 valence electrons. The first-order valence-electron chi connectivity index (χ1n) is 8.66. The average molecular weight is 452 g/mol. The van der Waals surface area contributed by atoms with Crippen molar-refractivity contribution in [3.63, 3.8) is 0 Å². The van der Waals surface area contributed by atoms with Crippen molar-refractivity contribution in [1.82, 2.24) is 15.3 Å². The van der Waals surface area contributed by atoms with Crippen molar-refractivity contribution >= 4 is 34.6 Å². The molecule has 2 aromatic heterocycles. The average Bonchev–Trinajstić information content (AvgIpc) is 3.10. The number of hydrogen-bond donors (Lipinski definition) is 1. The van der Waals surface area contributed by atoms with Gasteiger partial charge < -0.3 is 10.1 Å². The van der Waals surface area contributed by atoms with Gasteiger partial charge in [0.05, 0.1) is 5.54 Å². The maximum Gasteiger partial charge on any atom is 0.387 e. The van der Waals surface area contributed by atoms with Crippen LogP contribution in [-0.4, -0.2) is 33.8 Å². The van der Waals surface area contributed by atoms with E-state index in [4.69, 9.17) is 11.6 Å². The molecule has 6 nitrogen and oxygen atoms in total. The first kappa shape index (κ1) is 21.8. The van der Waals surface area contributed by atoms with E-state index in [2.05, 4.69) is 20.0 Å². The fourth-order valence-electron chi connectivity index (χ4n) is 2.60. The van der Waals surface area contributed by atoms with Gasteiger partial charge in [0.2, 0.25) is 0 Å². The zero-order valence-corrected chi connectivity index (χ0v) is 17.4. The van der Waals surface area contributed by atoms with Crippen LogP contribution < -0.4 is 10.1 Å². The van der Waals surface area contributed by atoms with Crippen molar-refractivity contribution in [2.24, 2.45) is 0 Å². The molecule has 1 aromatic carbocycles. The SMILES string of the molecule is CC(C)(NC(=O)c1sc(-c2cccnc2)nc1Cl)C(=O)c1ccc(OC(F)F)cc1. The molecule has 0 aliphatic rings. The van der Waals surface area contributed by atoms with Crippen molar-refractivity contribution in [1.29, 1.82) is 0 Å². The number of pyridine rings is 1. The molecule has 0 aliphatic carbocycles. The Labute approximate surface area is 179 Å². The Bertz CT molecular complexity index is 1060. The number of Topliss-reactive ketones (excluding diaryl/α,β-unsaturated/α-hetero) is 1. The van der Waals surface area contributed by atoms with E-state index >= 15 is 0 Å². The number of hydrogen-bond acceptors (Lipinski definition) is 6. The Kier molecular flexibility index (Phi) is 6.42. The molecule has 0 radical (unpaired) electrons. The normalized spacial score (nSPS) is 11.4. The highest BCUT2D eigenvalue weighted by molar-refractivity contribution is 7.17. The number of rotatable bonds is 7. The third-order valence-corrected chi connectivity index (χ3v) is 5.52. The second-order valence-corrected chi connectivity index (χ2v) is 8.05. The van der Waals surface area contributed by atoms with Gasteiger partial charge in [-0.2, -0.15) is 8.78 Å². The molecule has 2 heterocycles. The minimum atomic E-state index is -2.96. The molecule has 0 aliphatic heterocycles. The van der Waals surface area contributed by atoms with Crippen LogP contribution in [0.1, 0.15) is 33.9 Å². The van der Waals surface area contributed by atoms with E-state index in [0.717, 1.165) is 11.3 Å². The molecular weight excluding hydrogens is 436 g/mol. The lowest BCUT2D eigenvalue weighted by atomic mass is 9.93. The summed E-state index contributed by atoms with van der Waals surface area (Å²) in [6.45, 7) is 0.115. The van der Waals surface area contributed by atoms with Gasteiger partial charge in [-0.05, 0) is 50.2 Å². The number of carbonyl (C=O) groups excluding carboxylic acids is 2. The number of benzene rings is 1. The Morgan fingerprint density at radius 1 is 1.20 bits per heavy atom. The summed E-state index contributed by atoms with van der Waals surface area (Å²) < 4.78 is 28.8. The van der Waals surface area contributed by atoms with Crippen LogP contribution in [0.25, 0.3) is 10.6 Å². The van der Waals surface area contributed by atoms with Crippen LogP contribution >= 0.6 is 22.9 Å². The van der Waals surface area contributed by atoms with E-state index in [1.54, 1.807) is 24.5 Å². The van der Waals surface area contributed by atoms with Crippen molar-refractivity contribution in [3.8, 4) is 16.3 Å². The number of amides is 1. The quantitative estimate of drug-likeness (QED) is 0.519. The molecule has 0 bridgehead atoms. The number of alkyl halides is 2. The van der Waals surface area contributed by atoms with Crippen LogP contribution in [0.15, 0.2) is 48.8 Å². The van der Waals surface area contributed by atoms with Crippen molar-refractivity contribution < 1.29 is 23.1 Å². The maximum atomic E-state index is 12.8.